The van der Waals surface area contributed by atoms with Gasteiger partial charge in [-0.1, -0.05) is 81.1 Å². The SMILES string of the molecule is C=C=C(CC(c1ccccc1)c1ccccc1)C(C)C. The van der Waals surface area contributed by atoms with E-state index in [-0.39, 0.29) is 0 Å². The molecule has 0 saturated heterocycles. The highest BCUT2D eigenvalue weighted by molar-refractivity contribution is 5.34. The third-order valence-electron chi connectivity index (χ3n) is 3.75. The first-order valence-corrected chi connectivity index (χ1v) is 7.21. The van der Waals surface area contributed by atoms with Crippen molar-refractivity contribution in [3.05, 3.63) is 89.7 Å². The van der Waals surface area contributed by atoms with Crippen molar-refractivity contribution in [2.45, 2.75) is 26.2 Å². The fraction of sp³-hybridized carbons (Fsp3) is 0.250. The molecule has 0 fully saturated rings. The van der Waals surface area contributed by atoms with E-state index in [1.54, 1.807) is 0 Å². The first kappa shape index (κ1) is 14.4. The van der Waals surface area contributed by atoms with Crippen LogP contribution in [-0.2, 0) is 0 Å². The van der Waals surface area contributed by atoms with E-state index >= 15 is 0 Å². The Morgan fingerprint density at radius 3 is 1.70 bits per heavy atom. The summed E-state index contributed by atoms with van der Waals surface area (Å²) in [5.74, 6) is 0.867. The second kappa shape index (κ2) is 6.93. The summed E-state index contributed by atoms with van der Waals surface area (Å²) in [7, 11) is 0. The van der Waals surface area contributed by atoms with Gasteiger partial charge in [-0.2, -0.15) is 0 Å². The maximum atomic E-state index is 3.86. The van der Waals surface area contributed by atoms with Crippen molar-refractivity contribution in [3.63, 3.8) is 0 Å². The molecular formula is C20H22. The molecule has 20 heavy (non-hydrogen) atoms. The van der Waals surface area contributed by atoms with Crippen LogP contribution in [0, 0.1) is 5.92 Å². The standard InChI is InChI=1S/C20H22/c1-4-17(16(2)3)15-20(18-11-7-5-8-12-18)19-13-9-6-10-14-19/h5-14,16,20H,1,15H2,2-3H3. The molecule has 0 N–H and O–H groups in total. The van der Waals surface area contributed by atoms with Crippen LogP contribution in [0.5, 0.6) is 0 Å². The summed E-state index contributed by atoms with van der Waals surface area (Å²) < 4.78 is 0. The lowest BCUT2D eigenvalue weighted by molar-refractivity contribution is 0.673. The van der Waals surface area contributed by atoms with Gasteiger partial charge in [-0.15, -0.1) is 5.73 Å². The smallest absolute Gasteiger partial charge is 0.0133 e. The predicted octanol–water partition coefficient (Wildman–Crippen LogP) is 5.58. The molecule has 102 valence electrons. The Kier molecular flexibility index (Phi) is 4.98. The van der Waals surface area contributed by atoms with Gasteiger partial charge in [0.05, 0.1) is 0 Å². The molecule has 0 heterocycles. The lowest BCUT2D eigenvalue weighted by atomic mass is 9.83. The number of allylic oxidation sites excluding steroid dienone is 1. The molecule has 0 aliphatic rings. The third-order valence-corrected chi connectivity index (χ3v) is 3.75. The summed E-state index contributed by atoms with van der Waals surface area (Å²) in [5, 5.41) is 0. The molecule has 0 saturated carbocycles. The Hall–Kier alpha value is -2.04. The molecule has 0 heteroatoms. The van der Waals surface area contributed by atoms with E-state index in [9.17, 15) is 0 Å². The minimum absolute atomic E-state index is 0.379. The summed E-state index contributed by atoms with van der Waals surface area (Å²) in [5.41, 5.74) is 7.14. The highest BCUT2D eigenvalue weighted by atomic mass is 14.2. The molecule has 0 spiro atoms. The Morgan fingerprint density at radius 2 is 1.35 bits per heavy atom. The lowest BCUT2D eigenvalue weighted by Gasteiger charge is -2.20. The summed E-state index contributed by atoms with van der Waals surface area (Å²) >= 11 is 0. The number of hydrogen-bond acceptors (Lipinski definition) is 0. The monoisotopic (exact) mass is 262 g/mol. The molecule has 0 radical (unpaired) electrons. The number of benzene rings is 2. The van der Waals surface area contributed by atoms with Crippen LogP contribution >= 0.6 is 0 Å². The van der Waals surface area contributed by atoms with Crippen molar-refractivity contribution >= 4 is 0 Å². The van der Waals surface area contributed by atoms with Gasteiger partial charge in [0.15, 0.2) is 0 Å². The van der Waals surface area contributed by atoms with Gasteiger partial charge in [0.1, 0.15) is 0 Å². The average molecular weight is 262 g/mol. The molecule has 0 unspecified atom stereocenters. The van der Waals surface area contributed by atoms with Crippen molar-refractivity contribution in [1.29, 1.82) is 0 Å². The fourth-order valence-electron chi connectivity index (χ4n) is 2.53. The molecule has 2 aromatic carbocycles. The van der Waals surface area contributed by atoms with Crippen LogP contribution in [0.25, 0.3) is 0 Å². The first-order valence-electron chi connectivity index (χ1n) is 7.21. The average Bonchev–Trinajstić information content (AvgIpc) is 2.50. The van der Waals surface area contributed by atoms with Crippen molar-refractivity contribution in [2.24, 2.45) is 5.92 Å². The zero-order chi connectivity index (χ0) is 14.4. The molecule has 0 bridgehead atoms. The zero-order valence-corrected chi connectivity index (χ0v) is 12.3. The van der Waals surface area contributed by atoms with Gasteiger partial charge < -0.3 is 0 Å². The molecule has 0 nitrogen and oxygen atoms in total. The first-order chi connectivity index (χ1) is 9.72. The minimum atomic E-state index is 0.379. The topological polar surface area (TPSA) is 0 Å². The second-order valence-corrected chi connectivity index (χ2v) is 5.43. The minimum Gasteiger partial charge on any atom is -0.129 e. The highest BCUT2D eigenvalue weighted by Gasteiger charge is 2.17. The molecule has 2 rings (SSSR count). The predicted molar refractivity (Wildman–Crippen MR) is 86.8 cm³/mol. The molecular weight excluding hydrogens is 240 g/mol. The van der Waals surface area contributed by atoms with Gasteiger partial charge in [-0.3, -0.25) is 0 Å². The summed E-state index contributed by atoms with van der Waals surface area (Å²) in [6.45, 7) is 8.28. The van der Waals surface area contributed by atoms with Gasteiger partial charge in [0.25, 0.3) is 0 Å². The zero-order valence-electron chi connectivity index (χ0n) is 12.3. The van der Waals surface area contributed by atoms with E-state index in [1.807, 2.05) is 0 Å². The Bertz CT molecular complexity index is 532. The van der Waals surface area contributed by atoms with E-state index in [0.717, 1.165) is 6.42 Å². The molecule has 2 aromatic rings. The van der Waals surface area contributed by atoms with Gasteiger partial charge >= 0.3 is 0 Å². The van der Waals surface area contributed by atoms with E-state index in [0.29, 0.717) is 11.8 Å². The molecule has 0 aliphatic heterocycles. The van der Waals surface area contributed by atoms with Gasteiger partial charge in [-0.25, -0.2) is 0 Å². The Balaban J connectivity index is 2.38. The van der Waals surface area contributed by atoms with E-state index in [4.69, 9.17) is 0 Å². The van der Waals surface area contributed by atoms with Crippen molar-refractivity contribution in [3.8, 4) is 0 Å². The van der Waals surface area contributed by atoms with Crippen LogP contribution < -0.4 is 0 Å². The van der Waals surface area contributed by atoms with Crippen LogP contribution in [0.3, 0.4) is 0 Å². The van der Waals surface area contributed by atoms with E-state index in [1.165, 1.54) is 16.7 Å². The second-order valence-electron chi connectivity index (χ2n) is 5.43. The summed E-state index contributed by atoms with van der Waals surface area (Å²) in [6, 6.07) is 21.4. The maximum absolute atomic E-state index is 3.86. The number of hydrogen-bond donors (Lipinski definition) is 0. The molecule has 0 amide bonds. The third kappa shape index (κ3) is 3.50. The Labute approximate surface area is 122 Å². The highest BCUT2D eigenvalue weighted by Crippen LogP contribution is 2.32. The summed E-state index contributed by atoms with van der Waals surface area (Å²) in [4.78, 5) is 0. The fourth-order valence-corrected chi connectivity index (χ4v) is 2.53. The largest absolute Gasteiger partial charge is 0.129 e. The van der Waals surface area contributed by atoms with Gasteiger partial charge in [0, 0.05) is 5.92 Å². The molecule has 0 aliphatic carbocycles. The summed E-state index contributed by atoms with van der Waals surface area (Å²) in [6.07, 6.45) is 0.981. The van der Waals surface area contributed by atoms with Crippen molar-refractivity contribution < 1.29 is 0 Å². The van der Waals surface area contributed by atoms with Crippen LogP contribution in [0.15, 0.2) is 78.5 Å². The van der Waals surface area contributed by atoms with Gasteiger partial charge in [0.2, 0.25) is 0 Å². The normalized spacial score (nSPS) is 10.6. The maximum Gasteiger partial charge on any atom is 0.0133 e. The van der Waals surface area contributed by atoms with Gasteiger partial charge in [-0.05, 0) is 29.0 Å². The molecule has 0 aromatic heterocycles. The number of rotatable bonds is 5. The van der Waals surface area contributed by atoms with E-state index < -0.39 is 0 Å². The van der Waals surface area contributed by atoms with Crippen LogP contribution in [-0.4, -0.2) is 0 Å². The van der Waals surface area contributed by atoms with Crippen LogP contribution in [0.1, 0.15) is 37.3 Å². The van der Waals surface area contributed by atoms with Crippen molar-refractivity contribution in [2.75, 3.05) is 0 Å². The lowest BCUT2D eigenvalue weighted by Crippen LogP contribution is -2.05. The Morgan fingerprint density at radius 1 is 0.900 bits per heavy atom. The van der Waals surface area contributed by atoms with Crippen LogP contribution in [0.2, 0.25) is 0 Å². The van der Waals surface area contributed by atoms with Crippen molar-refractivity contribution in [1.82, 2.24) is 0 Å². The van der Waals surface area contributed by atoms with E-state index in [2.05, 4.69) is 86.8 Å². The quantitative estimate of drug-likeness (QED) is 0.617. The van der Waals surface area contributed by atoms with Crippen LogP contribution in [0.4, 0.5) is 0 Å². The molecule has 0 atom stereocenters.